The van der Waals surface area contributed by atoms with E-state index >= 15 is 0 Å². The van der Waals surface area contributed by atoms with Crippen molar-refractivity contribution >= 4 is 173 Å². The van der Waals surface area contributed by atoms with Crippen LogP contribution >= 0.6 is 20.4 Å². The van der Waals surface area contributed by atoms with E-state index in [1.165, 1.54) is 141 Å². The summed E-state index contributed by atoms with van der Waals surface area (Å²) in [4.78, 5) is 17.5. The van der Waals surface area contributed by atoms with E-state index in [4.69, 9.17) is 5.20 Å². The number of pyridine rings is 1. The van der Waals surface area contributed by atoms with Gasteiger partial charge in [-0.1, -0.05) is 278 Å². The largest absolute Gasteiger partial charge is 3.00 e. The molecule has 0 spiro atoms. The van der Waals surface area contributed by atoms with Crippen LogP contribution in [0.3, 0.4) is 0 Å². The number of fused-ring (bicyclic) bond motifs is 12. The molecule has 136 heavy (non-hydrogen) atoms. The summed E-state index contributed by atoms with van der Waals surface area (Å²) >= 11 is 3.34. The fourth-order valence-corrected chi connectivity index (χ4v) is 19.5. The normalized spacial score (nSPS) is 11.5. The van der Waals surface area contributed by atoms with E-state index in [1.807, 2.05) is 126 Å². The van der Waals surface area contributed by atoms with Gasteiger partial charge in [0, 0.05) is 116 Å². The molecule has 0 fully saturated rings. The van der Waals surface area contributed by atoms with Crippen LogP contribution in [0, 0.1) is 24.0 Å². The second kappa shape index (κ2) is 42.9. The van der Waals surface area contributed by atoms with Gasteiger partial charge in [-0.05, 0) is 207 Å². The molecule has 15 heteroatoms. The predicted octanol–water partition coefficient (Wildman–Crippen LogP) is 33.2. The number of para-hydroxylation sites is 9. The fourth-order valence-electron chi connectivity index (χ4n) is 18.2. The first-order valence-electron chi connectivity index (χ1n) is 45.4. The van der Waals surface area contributed by atoms with Gasteiger partial charge in [0.25, 0.3) is 0 Å². The number of benzene rings is 18. The zero-order valence-electron chi connectivity index (χ0n) is 76.4. The molecular formula is C121H100AlIrN10OPS. The molecule has 24 rings (SSSR count). The Hall–Kier alpha value is -15.1. The molecule has 11 nitrogen and oxygen atoms in total. The number of nitrogens with one attached hydrogen (secondary N) is 1. The molecule has 0 saturated heterocycles. The van der Waals surface area contributed by atoms with Crippen LogP contribution in [0.4, 0.5) is 39.8 Å². The second-order valence-electron chi connectivity index (χ2n) is 33.3. The molecule has 23 aromatic rings. The van der Waals surface area contributed by atoms with E-state index in [2.05, 4.69) is 446 Å². The zero-order chi connectivity index (χ0) is 92.1. The van der Waals surface area contributed by atoms with E-state index in [9.17, 15) is 0 Å². The Labute approximate surface area is 825 Å². The van der Waals surface area contributed by atoms with Crippen molar-refractivity contribution in [2.45, 2.75) is 47.0 Å². The van der Waals surface area contributed by atoms with Crippen LogP contribution in [0.5, 0.6) is 5.75 Å². The van der Waals surface area contributed by atoms with Crippen LogP contribution in [0.25, 0.3) is 136 Å². The molecule has 6 heterocycles. The standard InChI is InChI=1S/C44H32N2.C36H22N2S.C21H23N2.C10H10N2.C9H7NO.CH4.Al.Ir.H2NP.H/c1-3-17-37(18-4-1)45(43-23-11-15-35-13-7-9-21-41(35)43)39-29-25-33(26-30-39)34-27-31-40(32-28-34)46(38-19-5-2-6-20-38)44-24-12-16-36-14-8-10-22-42(36)44;1-5-13-31-25(9-1)26-10-2-6-14-32(26)37(31)23-17-19-35-29(21-23)30-22-24(18-20-36(30)39-35)38-33-15-7-3-11-27(33)28-12-4-8-16-34(28)38;1-15(2)18-11-8-12-19(16(3)4)20(18)23-14-13-22-21(23)17-9-6-5-7-10-17;1-11-7-8-12(9-11)10-5-3-2-4-6-10;11-8-5-1-3-7-4-2-6-10-9(7)8;;;;1-2;/h1-32H;1-22H;5-9,11-16H,1-4H3;2-5,7-9H,1H3;1-6,11H;1H4;;;1-2H;/q;;-1;-2;;;+1;+3;;/p-1/i/hD. The third kappa shape index (κ3) is 19.3. The van der Waals surface area contributed by atoms with Crippen molar-refractivity contribution in [3.05, 3.63) is 486 Å². The summed E-state index contributed by atoms with van der Waals surface area (Å²) in [7, 11) is 4.47. The van der Waals surface area contributed by atoms with Gasteiger partial charge in [0.15, 0.2) is 1.41 Å². The van der Waals surface area contributed by atoms with Crippen LogP contribution in [-0.2, 0) is 20.1 Å². The second-order valence-corrected chi connectivity index (χ2v) is 34.7. The van der Waals surface area contributed by atoms with Crippen molar-refractivity contribution < 1.29 is 25.3 Å². The summed E-state index contributed by atoms with van der Waals surface area (Å²) in [6, 6.07) is 157. The molecule has 0 unspecified atom stereocenters. The molecule has 1 N–H and O–H groups in total. The molecule has 0 amide bonds. The topological polar surface area (TPSA) is 86.6 Å². The number of aromatic nitrogens is 5. The van der Waals surface area contributed by atoms with Gasteiger partial charge in [-0.3, -0.25) is 15.1 Å². The monoisotopic (exact) mass is 1990 g/mol. The summed E-state index contributed by atoms with van der Waals surface area (Å²) in [6.45, 7) is 11.0. The number of anilines is 7. The van der Waals surface area contributed by atoms with E-state index < -0.39 is 0 Å². The maximum atomic E-state index is 5.75. The van der Waals surface area contributed by atoms with Crippen LogP contribution < -0.4 is 18.5 Å². The molecule has 18 aromatic carbocycles. The summed E-state index contributed by atoms with van der Waals surface area (Å²) in [5, 5.41) is 16.3. The van der Waals surface area contributed by atoms with Crippen molar-refractivity contribution in [3.8, 4) is 45.3 Å². The van der Waals surface area contributed by atoms with E-state index in [0.29, 0.717) is 11.8 Å². The Morgan fingerprint density at radius 1 is 0.412 bits per heavy atom. The summed E-state index contributed by atoms with van der Waals surface area (Å²) in [5.41, 5.74) is 23.5. The quantitative estimate of drug-likeness (QED) is 0.0622. The Morgan fingerprint density at radius 2 is 0.824 bits per heavy atom. The fraction of sp³-hybridized carbons (Fsp3) is 0.0661. The van der Waals surface area contributed by atoms with Crippen LogP contribution in [-0.4, -0.2) is 52.2 Å². The van der Waals surface area contributed by atoms with Gasteiger partial charge in [0.2, 0.25) is 0 Å². The first-order chi connectivity index (χ1) is 66.5. The van der Waals surface area contributed by atoms with Crippen molar-refractivity contribution in [3.63, 3.8) is 0 Å². The molecular weight excluding hydrogens is 1890 g/mol. The smallest absolute Gasteiger partial charge is 0.649 e. The van der Waals surface area contributed by atoms with Crippen LogP contribution in [0.15, 0.2) is 456 Å². The Balaban J connectivity index is 0.000000128. The van der Waals surface area contributed by atoms with Gasteiger partial charge < -0.3 is 37.1 Å². The van der Waals surface area contributed by atoms with Crippen molar-refractivity contribution in [2.24, 2.45) is 0 Å². The number of nitrogens with zero attached hydrogens (tertiary/aromatic N) is 9. The number of rotatable bonds is 15. The molecule has 663 valence electrons. The van der Waals surface area contributed by atoms with Crippen molar-refractivity contribution in [1.82, 2.24) is 28.6 Å². The van der Waals surface area contributed by atoms with Gasteiger partial charge in [-0.2, -0.15) is 37.0 Å². The minimum Gasteiger partial charge on any atom is -0.649 e. The van der Waals surface area contributed by atoms with E-state index in [-0.39, 0.29) is 27.5 Å². The van der Waals surface area contributed by atoms with Crippen molar-refractivity contribution in [1.29, 1.82) is 5.15 Å². The zero-order valence-corrected chi connectivity index (χ0v) is 81.0. The first kappa shape index (κ1) is 91.4. The molecule has 0 saturated carbocycles. The number of hydrogen-bond donors (Lipinski definition) is 1. The van der Waals surface area contributed by atoms with E-state index in [0.717, 1.165) is 67.9 Å². The summed E-state index contributed by atoms with van der Waals surface area (Å²) < 4.78 is 20.6. The number of hydrogen-bond acceptors (Lipinski definition) is 9. The average Bonchev–Trinajstić information content (AvgIpc) is 1.57. The number of imidazole rings is 1. The average molecular weight is 1990 g/mol. The Morgan fingerprint density at radius 3 is 1.27 bits per heavy atom. The van der Waals surface area contributed by atoms with Gasteiger partial charge in [0.1, 0.15) is 11.3 Å². The first-order valence-corrected chi connectivity index (χ1v) is 46.8. The molecule has 0 aliphatic carbocycles. The third-order valence-electron chi connectivity index (χ3n) is 24.4. The number of thiophene rings is 1. The summed E-state index contributed by atoms with van der Waals surface area (Å²) in [6.07, 6.45) is 9.71. The predicted molar refractivity (Wildman–Crippen MR) is 577 cm³/mol. The SMILES string of the molecule is C.CC(C)c1cccc(C(C)C)c1-n1ccnc1-c1[c-]cccc1.CN1C=CN(c2[c-]cccc2)[CH-]1.[2H]N=P.[AlH][O]c1cccc2cccnc12.[Ir+3].c1ccc(N(c2ccc(-c3ccc(N(c4ccccc4)c4cccc5ccccc45)cc3)cc2)c2cccc3ccccc23)cc1.c1ccc2c(c1)c1ccccc1n2-c1ccc2sc3ccc(-n4c5ccccc5c5ccccc54)cc3c2c1. The molecule has 0 atom stereocenters. The van der Waals surface area contributed by atoms with Gasteiger partial charge >= 0.3 is 36.7 Å². The minimum absolute atomic E-state index is 0. The Kier molecular flexibility index (Phi) is 28.8. The summed E-state index contributed by atoms with van der Waals surface area (Å²) in [5.74, 6) is 2.70. The molecule has 5 aromatic heterocycles. The maximum Gasteiger partial charge on any atom is 3.00 e. The van der Waals surface area contributed by atoms with Gasteiger partial charge in [-0.15, -0.1) is 52.9 Å². The molecule has 0 bridgehead atoms. The van der Waals surface area contributed by atoms with E-state index in [1.54, 1.807) is 6.20 Å². The van der Waals surface area contributed by atoms with Crippen molar-refractivity contribution in [2.75, 3.05) is 21.7 Å². The Bertz CT molecular complexity index is 7640. The minimum atomic E-state index is 0. The van der Waals surface area contributed by atoms with Gasteiger partial charge in [0.05, 0.1) is 39.3 Å². The van der Waals surface area contributed by atoms with Gasteiger partial charge in [-0.25, -0.2) is 0 Å². The van der Waals surface area contributed by atoms with Crippen LogP contribution in [0.1, 0.15) is 58.1 Å². The third-order valence-corrected chi connectivity index (χ3v) is 25.9. The van der Waals surface area contributed by atoms with Crippen LogP contribution in [0.2, 0.25) is 1.41 Å². The maximum absolute atomic E-state index is 5.75. The molecule has 1 aliphatic rings. The molecule has 1 radical (unpaired) electrons. The molecule has 1 aliphatic heterocycles.